The summed E-state index contributed by atoms with van der Waals surface area (Å²) in [5, 5.41) is 5.40. The number of hydrogen-bond acceptors (Lipinski definition) is 6. The van der Waals surface area contributed by atoms with Gasteiger partial charge in [-0.2, -0.15) is 0 Å². The van der Waals surface area contributed by atoms with Crippen molar-refractivity contribution in [1.29, 1.82) is 0 Å². The molecule has 1 saturated heterocycles. The van der Waals surface area contributed by atoms with Crippen molar-refractivity contribution in [1.82, 2.24) is 15.5 Å². The fourth-order valence-corrected chi connectivity index (χ4v) is 4.04. The monoisotopic (exact) mass is 503 g/mol. The lowest BCUT2D eigenvalue weighted by Crippen LogP contribution is -2.61. The molecule has 0 saturated carbocycles. The number of esters is 1. The van der Waals surface area contributed by atoms with E-state index in [0.717, 1.165) is 5.56 Å². The van der Waals surface area contributed by atoms with Gasteiger partial charge in [0.25, 0.3) is 0 Å². The Kier molecular flexibility index (Phi) is 9.90. The van der Waals surface area contributed by atoms with Gasteiger partial charge in [0.15, 0.2) is 0 Å². The molecule has 2 N–H and O–H groups in total. The topological polar surface area (TPSA) is 114 Å². The first-order valence-electron chi connectivity index (χ1n) is 12.5. The number of carbonyl (C=O) groups excluding carboxylic acids is 4. The molecular formula is C27H41N3O6. The first kappa shape index (κ1) is 29.1. The Balaban J connectivity index is 2.04. The summed E-state index contributed by atoms with van der Waals surface area (Å²) in [7, 11) is 0. The summed E-state index contributed by atoms with van der Waals surface area (Å²) >= 11 is 0. The predicted octanol–water partition coefficient (Wildman–Crippen LogP) is 3.56. The van der Waals surface area contributed by atoms with Gasteiger partial charge in [-0.25, -0.2) is 9.59 Å². The number of nitrogens with zero attached hydrogens (tertiary/aromatic N) is 1. The van der Waals surface area contributed by atoms with Gasteiger partial charge in [-0.15, -0.1) is 0 Å². The Morgan fingerprint density at radius 3 is 2.28 bits per heavy atom. The molecule has 1 aromatic rings. The quantitative estimate of drug-likeness (QED) is 0.498. The van der Waals surface area contributed by atoms with Crippen LogP contribution in [0, 0.1) is 5.92 Å². The smallest absolute Gasteiger partial charge is 0.408 e. The van der Waals surface area contributed by atoms with Crippen molar-refractivity contribution in [2.45, 2.75) is 97.6 Å². The summed E-state index contributed by atoms with van der Waals surface area (Å²) in [6, 6.07) is 7.65. The van der Waals surface area contributed by atoms with E-state index >= 15 is 0 Å². The molecule has 1 heterocycles. The highest BCUT2D eigenvalue weighted by Crippen LogP contribution is 2.24. The molecule has 9 nitrogen and oxygen atoms in total. The predicted molar refractivity (Wildman–Crippen MR) is 136 cm³/mol. The van der Waals surface area contributed by atoms with Crippen LogP contribution in [0.1, 0.15) is 73.3 Å². The number of hydrogen-bond donors (Lipinski definition) is 2. The van der Waals surface area contributed by atoms with Crippen molar-refractivity contribution in [2.24, 2.45) is 5.92 Å². The molecule has 1 fully saturated rings. The normalized spacial score (nSPS) is 16.9. The first-order valence-corrected chi connectivity index (χ1v) is 12.5. The van der Waals surface area contributed by atoms with Gasteiger partial charge in [0.2, 0.25) is 11.8 Å². The molecule has 0 radical (unpaired) electrons. The number of carbonyl (C=O) groups is 4. The third kappa shape index (κ3) is 8.84. The van der Waals surface area contributed by atoms with Gasteiger partial charge in [-0.1, -0.05) is 44.2 Å². The van der Waals surface area contributed by atoms with E-state index in [9.17, 15) is 19.2 Å². The zero-order chi connectivity index (χ0) is 27.1. The maximum atomic E-state index is 13.4. The largest absolute Gasteiger partial charge is 0.458 e. The van der Waals surface area contributed by atoms with Crippen LogP contribution >= 0.6 is 0 Å². The van der Waals surface area contributed by atoms with Crippen LogP contribution in [0.15, 0.2) is 30.3 Å². The number of nitrogens with one attached hydrogen (secondary N) is 2. The number of likely N-dealkylation sites (tertiary alicyclic amines) is 1. The molecule has 1 aromatic carbocycles. The molecular weight excluding hydrogens is 462 g/mol. The Morgan fingerprint density at radius 2 is 1.69 bits per heavy atom. The van der Waals surface area contributed by atoms with E-state index in [0.29, 0.717) is 25.8 Å². The van der Waals surface area contributed by atoms with Crippen LogP contribution in [0.4, 0.5) is 4.79 Å². The molecule has 1 aliphatic rings. The molecule has 200 valence electrons. The average molecular weight is 504 g/mol. The average Bonchev–Trinajstić information content (AvgIpc) is 3.25. The van der Waals surface area contributed by atoms with Crippen LogP contribution in [0.2, 0.25) is 0 Å². The van der Waals surface area contributed by atoms with Gasteiger partial charge >= 0.3 is 12.1 Å². The number of alkyl carbamates (subject to hydrolysis) is 1. The van der Waals surface area contributed by atoms with E-state index in [4.69, 9.17) is 9.47 Å². The van der Waals surface area contributed by atoms with Crippen LogP contribution in [-0.2, 0) is 30.5 Å². The first-order chi connectivity index (χ1) is 16.7. The summed E-state index contributed by atoms with van der Waals surface area (Å²) in [6.45, 7) is 12.9. The summed E-state index contributed by atoms with van der Waals surface area (Å²) in [4.78, 5) is 53.2. The minimum Gasteiger partial charge on any atom is -0.458 e. The van der Waals surface area contributed by atoms with Crippen molar-refractivity contribution in [3.05, 3.63) is 35.9 Å². The molecule has 1 aliphatic heterocycles. The fourth-order valence-electron chi connectivity index (χ4n) is 4.04. The van der Waals surface area contributed by atoms with Gasteiger partial charge in [0, 0.05) is 6.54 Å². The highest BCUT2D eigenvalue weighted by atomic mass is 16.6. The van der Waals surface area contributed by atoms with Crippen molar-refractivity contribution < 1.29 is 28.7 Å². The lowest BCUT2D eigenvalue weighted by molar-refractivity contribution is -0.164. The zero-order valence-electron chi connectivity index (χ0n) is 22.6. The van der Waals surface area contributed by atoms with E-state index < -0.39 is 41.2 Å². The van der Waals surface area contributed by atoms with E-state index in [1.54, 1.807) is 34.6 Å². The summed E-state index contributed by atoms with van der Waals surface area (Å²) in [6.07, 6.45) is 0.828. The van der Waals surface area contributed by atoms with E-state index in [2.05, 4.69) is 10.6 Å². The standard InChI is InChI=1S/C27H41N3O6/c1-18(2)16-20(28-25(34)35-17-19-12-9-8-10-13-19)22(31)29-27(6,7)24(33)30-15-11-14-21(30)23(32)36-26(3,4)5/h8-10,12-13,18,20-21H,11,14-17H2,1-7H3,(H,28,34)(H,29,31)/t20-,21?/m1/s1. The molecule has 3 amide bonds. The third-order valence-electron chi connectivity index (χ3n) is 5.69. The molecule has 0 aliphatic carbocycles. The maximum Gasteiger partial charge on any atom is 0.408 e. The third-order valence-corrected chi connectivity index (χ3v) is 5.69. The van der Waals surface area contributed by atoms with Crippen LogP contribution in [0.25, 0.3) is 0 Å². The Bertz CT molecular complexity index is 923. The second-order valence-electron chi connectivity index (χ2n) is 11.2. The fraction of sp³-hybridized carbons (Fsp3) is 0.630. The molecule has 9 heteroatoms. The lowest BCUT2D eigenvalue weighted by atomic mass is 9.99. The maximum absolute atomic E-state index is 13.4. The van der Waals surface area contributed by atoms with Crippen molar-refractivity contribution in [2.75, 3.05) is 6.54 Å². The van der Waals surface area contributed by atoms with Gasteiger partial charge < -0.3 is 25.0 Å². The number of rotatable bonds is 9. The lowest BCUT2D eigenvalue weighted by Gasteiger charge is -2.34. The minimum absolute atomic E-state index is 0.0771. The van der Waals surface area contributed by atoms with Gasteiger partial charge in [-0.05, 0) is 65.4 Å². The number of ether oxygens (including phenoxy) is 2. The number of benzene rings is 1. The number of amides is 3. The van der Waals surface area contributed by atoms with Crippen molar-refractivity contribution >= 4 is 23.9 Å². The molecule has 2 atom stereocenters. The van der Waals surface area contributed by atoms with E-state index in [1.165, 1.54) is 4.90 Å². The molecule has 0 bridgehead atoms. The Labute approximate surface area is 214 Å². The second kappa shape index (κ2) is 12.2. The molecule has 0 spiro atoms. The van der Waals surface area contributed by atoms with Gasteiger partial charge in [-0.3, -0.25) is 9.59 Å². The minimum atomic E-state index is -1.30. The highest BCUT2D eigenvalue weighted by molar-refractivity contribution is 5.95. The zero-order valence-corrected chi connectivity index (χ0v) is 22.6. The molecule has 0 aromatic heterocycles. The summed E-state index contributed by atoms with van der Waals surface area (Å²) in [5.41, 5.74) is -1.13. The van der Waals surface area contributed by atoms with Gasteiger partial charge in [0.1, 0.15) is 29.8 Å². The van der Waals surface area contributed by atoms with Crippen LogP contribution < -0.4 is 10.6 Å². The Hall–Kier alpha value is -3.10. The molecule has 1 unspecified atom stereocenters. The molecule has 36 heavy (non-hydrogen) atoms. The van der Waals surface area contributed by atoms with Crippen LogP contribution in [0.3, 0.4) is 0 Å². The summed E-state index contributed by atoms with van der Waals surface area (Å²) < 4.78 is 10.8. The van der Waals surface area contributed by atoms with E-state index in [1.807, 2.05) is 44.2 Å². The van der Waals surface area contributed by atoms with E-state index in [-0.39, 0.29) is 18.4 Å². The van der Waals surface area contributed by atoms with Crippen molar-refractivity contribution in [3.63, 3.8) is 0 Å². The second-order valence-corrected chi connectivity index (χ2v) is 11.2. The van der Waals surface area contributed by atoms with Gasteiger partial charge in [0.05, 0.1) is 0 Å². The van der Waals surface area contributed by atoms with Crippen LogP contribution in [0.5, 0.6) is 0 Å². The van der Waals surface area contributed by atoms with Crippen molar-refractivity contribution in [3.8, 4) is 0 Å². The molecule has 2 rings (SSSR count). The Morgan fingerprint density at radius 1 is 1.06 bits per heavy atom. The van der Waals surface area contributed by atoms with Crippen LogP contribution in [-0.4, -0.2) is 58.5 Å². The SMILES string of the molecule is CC(C)C[C@@H](NC(=O)OCc1ccccc1)C(=O)NC(C)(C)C(=O)N1CCCC1C(=O)OC(C)(C)C. The highest BCUT2D eigenvalue weighted by Gasteiger charge is 2.43. The summed E-state index contributed by atoms with van der Waals surface area (Å²) in [5.74, 6) is -1.22.